The quantitative estimate of drug-likeness (QED) is 0.795. The van der Waals surface area contributed by atoms with E-state index < -0.39 is 22.0 Å². The van der Waals surface area contributed by atoms with Crippen molar-refractivity contribution in [2.75, 3.05) is 12.0 Å². The molecule has 2 N–H and O–H groups in total. The van der Waals surface area contributed by atoms with Crippen LogP contribution in [-0.4, -0.2) is 36.7 Å². The van der Waals surface area contributed by atoms with Gasteiger partial charge in [-0.3, -0.25) is 0 Å². The SMILES string of the molecule is CS(=O)(=O)CCCC(O)C(O)c1ccccc1. The molecular weight excluding hydrogens is 240 g/mol. The number of sulfone groups is 1. The van der Waals surface area contributed by atoms with Gasteiger partial charge in [0.1, 0.15) is 15.9 Å². The fourth-order valence-electron chi connectivity index (χ4n) is 1.58. The summed E-state index contributed by atoms with van der Waals surface area (Å²) in [6.07, 6.45) is -0.116. The van der Waals surface area contributed by atoms with Gasteiger partial charge in [0.05, 0.1) is 6.10 Å². The van der Waals surface area contributed by atoms with Crippen molar-refractivity contribution in [1.29, 1.82) is 0 Å². The Morgan fingerprint density at radius 3 is 2.29 bits per heavy atom. The Morgan fingerprint density at radius 2 is 1.76 bits per heavy atom. The van der Waals surface area contributed by atoms with Gasteiger partial charge in [-0.15, -0.1) is 0 Å². The van der Waals surface area contributed by atoms with Crippen molar-refractivity contribution >= 4 is 9.84 Å². The average molecular weight is 258 g/mol. The zero-order chi connectivity index (χ0) is 12.9. The Kier molecular flexibility index (Phi) is 5.11. The van der Waals surface area contributed by atoms with Crippen molar-refractivity contribution in [2.24, 2.45) is 0 Å². The molecule has 4 nitrogen and oxygen atoms in total. The van der Waals surface area contributed by atoms with Crippen molar-refractivity contribution in [3.8, 4) is 0 Å². The minimum Gasteiger partial charge on any atom is -0.390 e. The van der Waals surface area contributed by atoms with Crippen molar-refractivity contribution < 1.29 is 18.6 Å². The molecule has 0 heterocycles. The molecule has 1 aromatic rings. The van der Waals surface area contributed by atoms with Crippen LogP contribution in [0.4, 0.5) is 0 Å². The molecule has 0 aliphatic rings. The number of aliphatic hydroxyl groups is 2. The number of aliphatic hydroxyl groups excluding tert-OH is 2. The third-order valence-corrected chi connectivity index (χ3v) is 3.55. The number of hydrogen-bond acceptors (Lipinski definition) is 4. The summed E-state index contributed by atoms with van der Waals surface area (Å²) in [6.45, 7) is 0. The average Bonchev–Trinajstić information content (AvgIpc) is 2.27. The molecule has 1 rings (SSSR count). The molecule has 0 radical (unpaired) electrons. The number of rotatable bonds is 6. The highest BCUT2D eigenvalue weighted by atomic mass is 32.2. The van der Waals surface area contributed by atoms with E-state index in [1.165, 1.54) is 0 Å². The molecule has 0 amide bonds. The predicted octanol–water partition coefficient (Wildman–Crippen LogP) is 0.906. The third-order valence-electron chi connectivity index (χ3n) is 2.52. The Labute approximate surface area is 102 Å². The summed E-state index contributed by atoms with van der Waals surface area (Å²) in [5, 5.41) is 19.5. The van der Waals surface area contributed by atoms with Crippen molar-refractivity contribution in [1.82, 2.24) is 0 Å². The van der Waals surface area contributed by atoms with Gasteiger partial charge in [0.2, 0.25) is 0 Å². The molecule has 0 saturated heterocycles. The zero-order valence-corrected chi connectivity index (χ0v) is 10.6. The van der Waals surface area contributed by atoms with Gasteiger partial charge >= 0.3 is 0 Å². The fourth-order valence-corrected chi connectivity index (χ4v) is 2.28. The zero-order valence-electron chi connectivity index (χ0n) is 9.78. The first-order valence-corrected chi connectivity index (χ1v) is 7.55. The summed E-state index contributed by atoms with van der Waals surface area (Å²) in [7, 11) is -3.00. The Morgan fingerprint density at radius 1 is 1.18 bits per heavy atom. The smallest absolute Gasteiger partial charge is 0.147 e. The molecule has 0 aromatic heterocycles. The van der Waals surface area contributed by atoms with Crippen molar-refractivity contribution in [3.05, 3.63) is 35.9 Å². The summed E-state index contributed by atoms with van der Waals surface area (Å²) in [5.41, 5.74) is 0.638. The van der Waals surface area contributed by atoms with Gasteiger partial charge in [0, 0.05) is 12.0 Å². The van der Waals surface area contributed by atoms with Crippen molar-refractivity contribution in [3.63, 3.8) is 0 Å². The molecule has 96 valence electrons. The van der Waals surface area contributed by atoms with Crippen LogP contribution in [0.25, 0.3) is 0 Å². The van der Waals surface area contributed by atoms with Gasteiger partial charge in [-0.2, -0.15) is 0 Å². The van der Waals surface area contributed by atoms with E-state index >= 15 is 0 Å². The normalized spacial score (nSPS) is 15.5. The molecular formula is C12H18O4S. The van der Waals surface area contributed by atoms with E-state index in [0.29, 0.717) is 12.0 Å². The standard InChI is InChI=1S/C12H18O4S/c1-17(15,16)9-5-8-11(13)12(14)10-6-3-2-4-7-10/h2-4,6-7,11-14H,5,8-9H2,1H3. The molecule has 5 heteroatoms. The second kappa shape index (κ2) is 6.14. The minimum absolute atomic E-state index is 0.0333. The molecule has 0 aliphatic heterocycles. The maximum atomic E-state index is 10.9. The van der Waals surface area contributed by atoms with Gasteiger partial charge in [0.15, 0.2) is 0 Å². The Bertz CT molecular complexity index is 427. The molecule has 1 aromatic carbocycles. The first-order chi connectivity index (χ1) is 7.90. The summed E-state index contributed by atoms with van der Waals surface area (Å²) in [6, 6.07) is 8.84. The lowest BCUT2D eigenvalue weighted by Crippen LogP contribution is -2.19. The molecule has 0 fully saturated rings. The molecule has 0 aliphatic carbocycles. The maximum Gasteiger partial charge on any atom is 0.147 e. The summed E-state index contributed by atoms with van der Waals surface area (Å²) >= 11 is 0. The molecule has 0 spiro atoms. The summed E-state index contributed by atoms with van der Waals surface area (Å²) < 4.78 is 21.8. The van der Waals surface area contributed by atoms with E-state index in [0.717, 1.165) is 6.26 Å². The van der Waals surface area contributed by atoms with Crippen LogP contribution in [0.1, 0.15) is 24.5 Å². The van der Waals surface area contributed by atoms with Gasteiger partial charge in [-0.05, 0) is 18.4 Å². The van der Waals surface area contributed by atoms with E-state index in [1.54, 1.807) is 24.3 Å². The van der Waals surface area contributed by atoms with Crippen LogP contribution in [0, 0.1) is 0 Å². The molecule has 0 bridgehead atoms. The van der Waals surface area contributed by atoms with Gasteiger partial charge < -0.3 is 10.2 Å². The first-order valence-electron chi connectivity index (χ1n) is 5.49. The largest absolute Gasteiger partial charge is 0.390 e. The topological polar surface area (TPSA) is 74.6 Å². The lowest BCUT2D eigenvalue weighted by molar-refractivity contribution is 0.0132. The van der Waals surface area contributed by atoms with Crippen LogP contribution < -0.4 is 0 Å². The van der Waals surface area contributed by atoms with Crippen LogP contribution in [0.15, 0.2) is 30.3 Å². The van der Waals surface area contributed by atoms with Gasteiger partial charge in [-0.25, -0.2) is 8.42 Å². The van der Waals surface area contributed by atoms with Crippen LogP contribution in [0.2, 0.25) is 0 Å². The van der Waals surface area contributed by atoms with E-state index in [4.69, 9.17) is 0 Å². The summed E-state index contributed by atoms with van der Waals surface area (Å²) in [4.78, 5) is 0. The van der Waals surface area contributed by atoms with Gasteiger partial charge in [0.25, 0.3) is 0 Å². The number of hydrogen-bond donors (Lipinski definition) is 2. The molecule has 17 heavy (non-hydrogen) atoms. The summed E-state index contributed by atoms with van der Waals surface area (Å²) in [5.74, 6) is 0.0333. The first kappa shape index (κ1) is 14.2. The van der Waals surface area contributed by atoms with E-state index in [2.05, 4.69) is 0 Å². The lowest BCUT2D eigenvalue weighted by Gasteiger charge is -2.17. The highest BCUT2D eigenvalue weighted by Gasteiger charge is 2.18. The number of benzene rings is 1. The fraction of sp³-hybridized carbons (Fsp3) is 0.500. The molecule has 0 saturated carbocycles. The van der Waals surface area contributed by atoms with E-state index in [1.807, 2.05) is 6.07 Å². The molecule has 2 atom stereocenters. The maximum absolute atomic E-state index is 10.9. The second-order valence-corrected chi connectivity index (χ2v) is 6.45. The third kappa shape index (κ3) is 5.30. The second-order valence-electron chi connectivity index (χ2n) is 4.19. The molecule has 2 unspecified atom stereocenters. The Balaban J connectivity index is 2.45. The van der Waals surface area contributed by atoms with Crippen LogP contribution >= 0.6 is 0 Å². The highest BCUT2D eigenvalue weighted by Crippen LogP contribution is 2.19. The highest BCUT2D eigenvalue weighted by molar-refractivity contribution is 7.90. The minimum atomic E-state index is -3.00. The van der Waals surface area contributed by atoms with Gasteiger partial charge in [-0.1, -0.05) is 30.3 Å². The van der Waals surface area contributed by atoms with E-state index in [9.17, 15) is 18.6 Å². The van der Waals surface area contributed by atoms with Crippen LogP contribution in [0.5, 0.6) is 0 Å². The monoisotopic (exact) mass is 258 g/mol. The Hall–Kier alpha value is -0.910. The predicted molar refractivity (Wildman–Crippen MR) is 66.4 cm³/mol. The van der Waals surface area contributed by atoms with Crippen LogP contribution in [0.3, 0.4) is 0 Å². The lowest BCUT2D eigenvalue weighted by atomic mass is 10.0. The van der Waals surface area contributed by atoms with E-state index in [-0.39, 0.29) is 12.2 Å². The van der Waals surface area contributed by atoms with Crippen LogP contribution in [-0.2, 0) is 9.84 Å². The van der Waals surface area contributed by atoms with Crippen molar-refractivity contribution in [2.45, 2.75) is 25.0 Å².